The zero-order valence-corrected chi connectivity index (χ0v) is 11.4. The summed E-state index contributed by atoms with van der Waals surface area (Å²) in [6.45, 7) is 0.932. The molecule has 1 aromatic carbocycles. The maximum Gasteiger partial charge on any atom is 0.167 e. The lowest BCUT2D eigenvalue weighted by molar-refractivity contribution is 0.0968. The van der Waals surface area contributed by atoms with Crippen LogP contribution in [0.5, 0.6) is 0 Å². The van der Waals surface area contributed by atoms with E-state index in [9.17, 15) is 9.18 Å². The van der Waals surface area contributed by atoms with Crippen molar-refractivity contribution in [1.82, 2.24) is 5.32 Å². The molecule has 1 atom stereocenters. The van der Waals surface area contributed by atoms with E-state index in [1.54, 1.807) is 6.07 Å². The number of carbonyl (C=O) groups excluding carboxylic acids is 1. The van der Waals surface area contributed by atoms with Crippen LogP contribution in [0.15, 0.2) is 16.6 Å². The van der Waals surface area contributed by atoms with Crippen LogP contribution in [0, 0.1) is 5.82 Å². The number of nitrogens with one attached hydrogen (secondary N) is 1. The average molecular weight is 321 g/mol. The Kier molecular flexibility index (Phi) is 4.17. The number of hydrogen-bond acceptors (Lipinski definition) is 2. The van der Waals surface area contributed by atoms with E-state index in [2.05, 4.69) is 21.2 Å². The van der Waals surface area contributed by atoms with Crippen LogP contribution in [0.25, 0.3) is 0 Å². The molecule has 1 aromatic rings. The molecule has 1 aliphatic rings. The molecule has 1 heterocycles. The molecule has 0 spiro atoms. The van der Waals surface area contributed by atoms with Gasteiger partial charge in [-0.2, -0.15) is 0 Å². The fourth-order valence-electron chi connectivity index (χ4n) is 2.01. The summed E-state index contributed by atoms with van der Waals surface area (Å²) in [6, 6.07) is 3.24. The van der Waals surface area contributed by atoms with Crippen molar-refractivity contribution in [2.24, 2.45) is 0 Å². The van der Waals surface area contributed by atoms with E-state index in [1.165, 1.54) is 6.07 Å². The molecule has 1 saturated heterocycles. The van der Waals surface area contributed by atoms with Gasteiger partial charge in [-0.1, -0.05) is 11.6 Å². The highest BCUT2D eigenvalue weighted by molar-refractivity contribution is 9.10. The van der Waals surface area contributed by atoms with E-state index in [4.69, 9.17) is 11.6 Å². The minimum Gasteiger partial charge on any atom is -0.314 e. The Morgan fingerprint density at radius 3 is 3.00 bits per heavy atom. The highest BCUT2D eigenvalue weighted by Crippen LogP contribution is 2.28. The van der Waals surface area contributed by atoms with Gasteiger partial charge in [-0.25, -0.2) is 4.39 Å². The second-order valence-electron chi connectivity index (χ2n) is 4.14. The Hall–Kier alpha value is -0.450. The molecule has 1 aliphatic heterocycles. The predicted molar refractivity (Wildman–Crippen MR) is 69.1 cm³/mol. The molecule has 17 heavy (non-hydrogen) atoms. The van der Waals surface area contributed by atoms with Crippen LogP contribution in [0.2, 0.25) is 5.02 Å². The molecule has 1 N–H and O–H groups in total. The molecule has 0 amide bonds. The summed E-state index contributed by atoms with van der Waals surface area (Å²) in [5, 5.41) is 3.18. The van der Waals surface area contributed by atoms with E-state index in [1.807, 2.05) is 0 Å². The van der Waals surface area contributed by atoms with Crippen molar-refractivity contribution < 1.29 is 9.18 Å². The number of ketones is 1. The first-order valence-electron chi connectivity index (χ1n) is 5.49. The highest BCUT2D eigenvalue weighted by Gasteiger charge is 2.22. The third-order valence-corrected chi connectivity index (χ3v) is 4.19. The molecule has 2 nitrogen and oxygen atoms in total. The monoisotopic (exact) mass is 319 g/mol. The lowest BCUT2D eigenvalue weighted by Crippen LogP contribution is -2.24. The van der Waals surface area contributed by atoms with Gasteiger partial charge >= 0.3 is 0 Å². The van der Waals surface area contributed by atoms with Crippen LogP contribution in [-0.2, 0) is 0 Å². The molecule has 92 valence electrons. The molecule has 2 rings (SSSR count). The molecule has 1 fully saturated rings. The predicted octanol–water partition coefficient (Wildman–Crippen LogP) is 3.57. The minimum absolute atomic E-state index is 0.0322. The van der Waals surface area contributed by atoms with Crippen LogP contribution in [-0.4, -0.2) is 18.4 Å². The fourth-order valence-corrected chi connectivity index (χ4v) is 2.48. The number of Topliss-reactive ketones (excluding diaryl/α,β-unsaturated/α-hetero) is 1. The SMILES string of the molecule is O=C(CC1CCCN1)c1ccc(Br)c(Cl)c1F. The van der Waals surface area contributed by atoms with Crippen LogP contribution in [0.3, 0.4) is 0 Å². The quantitative estimate of drug-likeness (QED) is 0.681. The fraction of sp³-hybridized carbons (Fsp3) is 0.417. The van der Waals surface area contributed by atoms with Gasteiger partial charge in [0.05, 0.1) is 10.6 Å². The Morgan fingerprint density at radius 1 is 1.59 bits per heavy atom. The Balaban J connectivity index is 2.16. The third-order valence-electron chi connectivity index (χ3n) is 2.93. The van der Waals surface area contributed by atoms with Gasteiger partial charge in [-0.05, 0) is 47.4 Å². The van der Waals surface area contributed by atoms with E-state index >= 15 is 0 Å². The zero-order chi connectivity index (χ0) is 12.4. The minimum atomic E-state index is -0.635. The standard InChI is InChI=1S/C12H12BrClFNO/c13-9-4-3-8(12(15)11(9)14)10(17)6-7-2-1-5-16-7/h3-4,7,16H,1-2,5-6H2. The van der Waals surface area contributed by atoms with E-state index in [-0.39, 0.29) is 22.4 Å². The Bertz CT molecular complexity index is 446. The normalized spacial score (nSPS) is 19.6. The second kappa shape index (κ2) is 5.46. The molecular weight excluding hydrogens is 308 g/mol. The van der Waals surface area contributed by atoms with Gasteiger partial charge in [-0.15, -0.1) is 0 Å². The van der Waals surface area contributed by atoms with Crippen molar-refractivity contribution in [2.45, 2.75) is 25.3 Å². The Morgan fingerprint density at radius 2 is 2.35 bits per heavy atom. The van der Waals surface area contributed by atoms with Crippen molar-refractivity contribution in [3.8, 4) is 0 Å². The molecule has 0 radical (unpaired) electrons. The summed E-state index contributed by atoms with van der Waals surface area (Å²) in [7, 11) is 0. The van der Waals surface area contributed by atoms with Crippen molar-refractivity contribution in [1.29, 1.82) is 0 Å². The largest absolute Gasteiger partial charge is 0.314 e. The lowest BCUT2D eigenvalue weighted by Gasteiger charge is -2.10. The van der Waals surface area contributed by atoms with Crippen molar-refractivity contribution in [3.05, 3.63) is 33.0 Å². The van der Waals surface area contributed by atoms with Crippen molar-refractivity contribution in [3.63, 3.8) is 0 Å². The molecule has 0 bridgehead atoms. The topological polar surface area (TPSA) is 29.1 Å². The van der Waals surface area contributed by atoms with E-state index in [0.29, 0.717) is 10.9 Å². The number of halogens is 3. The summed E-state index contributed by atoms with van der Waals surface area (Å²) < 4.78 is 14.2. The van der Waals surface area contributed by atoms with Crippen molar-refractivity contribution >= 4 is 33.3 Å². The van der Waals surface area contributed by atoms with E-state index in [0.717, 1.165) is 19.4 Å². The van der Waals surface area contributed by atoms with Gasteiger partial charge in [0.1, 0.15) is 0 Å². The molecule has 0 saturated carbocycles. The molecular formula is C12H12BrClFNO. The van der Waals surface area contributed by atoms with Crippen LogP contribution < -0.4 is 5.32 Å². The lowest BCUT2D eigenvalue weighted by atomic mass is 10.0. The smallest absolute Gasteiger partial charge is 0.167 e. The maximum absolute atomic E-state index is 13.8. The molecule has 5 heteroatoms. The maximum atomic E-state index is 13.8. The highest BCUT2D eigenvalue weighted by atomic mass is 79.9. The van der Waals surface area contributed by atoms with Crippen LogP contribution >= 0.6 is 27.5 Å². The second-order valence-corrected chi connectivity index (χ2v) is 5.38. The summed E-state index contributed by atoms with van der Waals surface area (Å²) in [5.74, 6) is -0.833. The van der Waals surface area contributed by atoms with Gasteiger partial charge in [0.2, 0.25) is 0 Å². The number of hydrogen-bond donors (Lipinski definition) is 1. The van der Waals surface area contributed by atoms with Crippen LogP contribution in [0.1, 0.15) is 29.6 Å². The summed E-state index contributed by atoms with van der Waals surface area (Å²) in [5.41, 5.74) is 0.0758. The van der Waals surface area contributed by atoms with Crippen LogP contribution in [0.4, 0.5) is 4.39 Å². The first-order chi connectivity index (χ1) is 8.09. The average Bonchev–Trinajstić information content (AvgIpc) is 2.78. The summed E-state index contributed by atoms with van der Waals surface area (Å²) in [6.07, 6.45) is 2.37. The van der Waals surface area contributed by atoms with Gasteiger partial charge in [0, 0.05) is 16.9 Å². The Labute approximate surface area is 113 Å². The zero-order valence-electron chi connectivity index (χ0n) is 9.10. The molecule has 1 unspecified atom stereocenters. The number of rotatable bonds is 3. The summed E-state index contributed by atoms with van der Waals surface area (Å²) >= 11 is 8.88. The van der Waals surface area contributed by atoms with Gasteiger partial charge in [-0.3, -0.25) is 4.79 Å². The first kappa shape index (κ1) is 13.0. The van der Waals surface area contributed by atoms with Gasteiger partial charge in [0.25, 0.3) is 0 Å². The molecule has 0 aromatic heterocycles. The van der Waals surface area contributed by atoms with Gasteiger partial charge in [0.15, 0.2) is 11.6 Å². The molecule has 0 aliphatic carbocycles. The number of carbonyl (C=O) groups is 1. The third kappa shape index (κ3) is 2.87. The first-order valence-corrected chi connectivity index (χ1v) is 6.66. The van der Waals surface area contributed by atoms with Crippen molar-refractivity contribution in [2.75, 3.05) is 6.54 Å². The van der Waals surface area contributed by atoms with Gasteiger partial charge < -0.3 is 5.32 Å². The summed E-state index contributed by atoms with van der Waals surface area (Å²) in [4.78, 5) is 11.9. The number of benzene rings is 1. The van der Waals surface area contributed by atoms with E-state index < -0.39 is 5.82 Å².